The van der Waals surface area contributed by atoms with Crippen LogP contribution in [0.15, 0.2) is 88.1 Å². The lowest BCUT2D eigenvalue weighted by atomic mass is 10.1. The molecule has 204 valence electrons. The van der Waals surface area contributed by atoms with Gasteiger partial charge < -0.3 is 10.1 Å². The molecule has 1 N–H and O–H groups in total. The number of fused-ring (bicyclic) bond motifs is 1. The molecule has 0 unspecified atom stereocenters. The van der Waals surface area contributed by atoms with Crippen LogP contribution < -0.4 is 21.2 Å². The van der Waals surface area contributed by atoms with Crippen LogP contribution in [-0.2, 0) is 11.8 Å². The van der Waals surface area contributed by atoms with Crippen molar-refractivity contribution in [2.45, 2.75) is 20.8 Å². The lowest BCUT2D eigenvalue weighted by Gasteiger charge is -2.13. The first-order valence-corrected chi connectivity index (χ1v) is 12.7. The fourth-order valence-corrected chi connectivity index (χ4v) is 4.41. The van der Waals surface area contributed by atoms with Gasteiger partial charge in [-0.2, -0.15) is 10.2 Å². The van der Waals surface area contributed by atoms with Gasteiger partial charge in [-0.3, -0.25) is 23.5 Å². The van der Waals surface area contributed by atoms with E-state index in [4.69, 9.17) is 4.74 Å². The fraction of sp³-hybridized carbons (Fsp3) is 0.129. The Hall–Kier alpha value is -5.69. The molecule has 0 saturated carbocycles. The Morgan fingerprint density at radius 1 is 0.976 bits per heavy atom. The van der Waals surface area contributed by atoms with Crippen LogP contribution in [0.5, 0.6) is 11.6 Å². The van der Waals surface area contributed by atoms with Gasteiger partial charge in [0.15, 0.2) is 0 Å². The lowest BCUT2D eigenvalue weighted by molar-refractivity contribution is -0.112. The summed E-state index contributed by atoms with van der Waals surface area (Å²) in [6, 6.07) is 21.4. The van der Waals surface area contributed by atoms with E-state index in [1.165, 1.54) is 15.3 Å². The minimum absolute atomic E-state index is 0.0164. The molecule has 10 nitrogen and oxygen atoms in total. The van der Waals surface area contributed by atoms with Crippen LogP contribution in [0.3, 0.4) is 0 Å². The molecule has 10 heteroatoms. The Morgan fingerprint density at radius 3 is 2.44 bits per heavy atom. The number of carbonyl (C=O) groups excluding carboxylic acids is 1. The molecule has 5 aromatic rings. The number of amides is 1. The van der Waals surface area contributed by atoms with Crippen molar-refractivity contribution in [2.75, 3.05) is 5.32 Å². The van der Waals surface area contributed by atoms with E-state index in [1.807, 2.05) is 38.1 Å². The topological polar surface area (TPSA) is 123 Å². The van der Waals surface area contributed by atoms with Gasteiger partial charge in [-0.05, 0) is 68.3 Å². The number of hydrogen-bond donors (Lipinski definition) is 1. The summed E-state index contributed by atoms with van der Waals surface area (Å²) in [5.74, 6) is -0.428. The van der Waals surface area contributed by atoms with Crippen molar-refractivity contribution in [3.05, 3.63) is 122 Å². The van der Waals surface area contributed by atoms with Crippen LogP contribution >= 0.6 is 0 Å². The fourth-order valence-electron chi connectivity index (χ4n) is 4.41. The zero-order valence-corrected chi connectivity index (χ0v) is 22.9. The van der Waals surface area contributed by atoms with E-state index in [0.29, 0.717) is 22.8 Å². The molecule has 1 amide bonds. The third-order valence-corrected chi connectivity index (χ3v) is 6.94. The lowest BCUT2D eigenvalue weighted by Crippen LogP contribution is -2.24. The molecule has 41 heavy (non-hydrogen) atoms. The summed E-state index contributed by atoms with van der Waals surface area (Å²) in [5.41, 5.74) is 1.79. The molecule has 0 atom stereocenters. The molecule has 0 fully saturated rings. The largest absolute Gasteiger partial charge is 0.438 e. The van der Waals surface area contributed by atoms with E-state index < -0.39 is 22.6 Å². The molecule has 3 aromatic heterocycles. The number of pyridine rings is 1. The molecule has 0 bridgehead atoms. The minimum atomic E-state index is -0.853. The number of hydrogen-bond acceptors (Lipinski definition) is 6. The maximum absolute atomic E-state index is 13.5. The number of nitrogens with one attached hydrogen (secondary N) is 1. The van der Waals surface area contributed by atoms with Gasteiger partial charge >= 0.3 is 0 Å². The summed E-state index contributed by atoms with van der Waals surface area (Å²) >= 11 is 0. The molecule has 0 aliphatic carbocycles. The Balaban J connectivity index is 1.59. The second kappa shape index (κ2) is 10.8. The summed E-state index contributed by atoms with van der Waals surface area (Å²) in [6.45, 7) is 5.50. The van der Waals surface area contributed by atoms with E-state index in [9.17, 15) is 19.6 Å². The maximum atomic E-state index is 13.5. The first-order valence-electron chi connectivity index (χ1n) is 12.7. The van der Waals surface area contributed by atoms with Crippen molar-refractivity contribution in [1.82, 2.24) is 18.7 Å². The standard InChI is InChI=1S/C31H26N6O4/c1-19-11-10-14-25(20(19)2)41-29-24(30(39)36-16-9-8-15-26(36)33-29)17-22(18-32)28(38)34-27-21(3)35(4)37(31(27)40)23-12-6-5-7-13-23/h5-17H,1-4H3,(H,34,38)/b22-17+. The number of para-hydroxylation sites is 1. The number of aromatic nitrogens is 4. The van der Waals surface area contributed by atoms with Crippen molar-refractivity contribution >= 4 is 23.3 Å². The van der Waals surface area contributed by atoms with Gasteiger partial charge in [-0.1, -0.05) is 36.4 Å². The molecule has 0 aliphatic heterocycles. The molecule has 0 aliphatic rings. The Bertz CT molecular complexity index is 2010. The predicted molar refractivity (Wildman–Crippen MR) is 155 cm³/mol. The summed E-state index contributed by atoms with van der Waals surface area (Å²) in [5, 5.41) is 12.5. The highest BCUT2D eigenvalue weighted by molar-refractivity contribution is 6.10. The summed E-state index contributed by atoms with van der Waals surface area (Å²) in [6.07, 6.45) is 2.67. The molecule has 0 spiro atoms. The van der Waals surface area contributed by atoms with Gasteiger partial charge in [-0.15, -0.1) is 0 Å². The average molecular weight is 547 g/mol. The maximum Gasteiger partial charge on any atom is 0.295 e. The normalized spacial score (nSPS) is 11.3. The molecule has 0 radical (unpaired) electrons. The number of rotatable bonds is 6. The van der Waals surface area contributed by atoms with Crippen molar-refractivity contribution in [3.8, 4) is 23.4 Å². The van der Waals surface area contributed by atoms with E-state index >= 15 is 0 Å². The van der Waals surface area contributed by atoms with E-state index in [2.05, 4.69) is 10.3 Å². The predicted octanol–water partition coefficient (Wildman–Crippen LogP) is 4.45. The molecular weight excluding hydrogens is 520 g/mol. The zero-order chi connectivity index (χ0) is 29.3. The first kappa shape index (κ1) is 26.9. The van der Waals surface area contributed by atoms with Gasteiger partial charge in [0, 0.05) is 13.2 Å². The number of ether oxygens (including phenoxy) is 1. The number of carbonyl (C=O) groups is 1. The van der Waals surface area contributed by atoms with Crippen molar-refractivity contribution < 1.29 is 9.53 Å². The van der Waals surface area contributed by atoms with Crippen LogP contribution in [0.4, 0.5) is 5.69 Å². The third kappa shape index (κ3) is 4.92. The monoisotopic (exact) mass is 546 g/mol. The Morgan fingerprint density at radius 2 is 1.71 bits per heavy atom. The van der Waals surface area contributed by atoms with Crippen LogP contribution in [0.1, 0.15) is 22.4 Å². The van der Waals surface area contributed by atoms with E-state index in [0.717, 1.165) is 17.2 Å². The second-order valence-corrected chi connectivity index (χ2v) is 9.43. The van der Waals surface area contributed by atoms with E-state index in [-0.39, 0.29) is 17.1 Å². The van der Waals surface area contributed by atoms with Crippen LogP contribution in [0.25, 0.3) is 17.4 Å². The van der Waals surface area contributed by atoms with Crippen LogP contribution in [0.2, 0.25) is 0 Å². The summed E-state index contributed by atoms with van der Waals surface area (Å²) < 4.78 is 10.4. The summed E-state index contributed by atoms with van der Waals surface area (Å²) in [7, 11) is 1.69. The highest BCUT2D eigenvalue weighted by Crippen LogP contribution is 2.28. The number of nitrogens with zero attached hydrogens (tertiary/aromatic N) is 5. The molecule has 3 heterocycles. The number of anilines is 1. The smallest absolute Gasteiger partial charge is 0.295 e. The van der Waals surface area contributed by atoms with Gasteiger partial charge in [0.2, 0.25) is 5.88 Å². The molecule has 5 rings (SSSR count). The van der Waals surface area contributed by atoms with E-state index in [1.54, 1.807) is 67.2 Å². The first-order chi connectivity index (χ1) is 19.7. The number of nitriles is 1. The molecule has 0 saturated heterocycles. The van der Waals surface area contributed by atoms with Crippen LogP contribution in [-0.4, -0.2) is 24.7 Å². The molecule has 2 aromatic carbocycles. The Labute approximate surface area is 235 Å². The van der Waals surface area contributed by atoms with Crippen molar-refractivity contribution in [3.63, 3.8) is 0 Å². The van der Waals surface area contributed by atoms with Crippen LogP contribution in [0, 0.1) is 32.1 Å². The third-order valence-electron chi connectivity index (χ3n) is 6.94. The van der Waals surface area contributed by atoms with Gasteiger partial charge in [0.1, 0.15) is 34.3 Å². The SMILES string of the molecule is Cc1cccc(Oc2nc3ccccn3c(=O)c2/C=C(\C#N)C(=O)Nc2c(C)n(C)n(-c3ccccc3)c2=O)c1C. The number of benzene rings is 2. The van der Waals surface area contributed by atoms with Gasteiger partial charge in [-0.25, -0.2) is 4.68 Å². The minimum Gasteiger partial charge on any atom is -0.438 e. The van der Waals surface area contributed by atoms with Gasteiger partial charge in [0.05, 0.1) is 11.4 Å². The summed E-state index contributed by atoms with van der Waals surface area (Å²) in [4.78, 5) is 44.6. The number of aryl methyl sites for hydroxylation is 1. The van der Waals surface area contributed by atoms with Gasteiger partial charge in [0.25, 0.3) is 17.0 Å². The van der Waals surface area contributed by atoms with Crippen molar-refractivity contribution in [1.29, 1.82) is 5.26 Å². The highest BCUT2D eigenvalue weighted by atomic mass is 16.5. The average Bonchev–Trinajstić information content (AvgIpc) is 3.18. The molecular formula is C31H26N6O4. The quantitative estimate of drug-likeness (QED) is 0.248. The second-order valence-electron chi connectivity index (χ2n) is 9.43. The van der Waals surface area contributed by atoms with Crippen molar-refractivity contribution in [2.24, 2.45) is 7.05 Å². The highest BCUT2D eigenvalue weighted by Gasteiger charge is 2.22. The zero-order valence-electron chi connectivity index (χ0n) is 22.9. The Kier molecular flexibility index (Phi) is 7.10.